The summed E-state index contributed by atoms with van der Waals surface area (Å²) < 4.78 is 5.85. The van der Waals surface area contributed by atoms with Gasteiger partial charge in [-0.3, -0.25) is 4.79 Å². The van der Waals surface area contributed by atoms with Crippen LogP contribution in [-0.4, -0.2) is 26.2 Å². The molecular formula is C14H20BrNO2. The van der Waals surface area contributed by atoms with E-state index in [-0.39, 0.29) is 5.97 Å². The van der Waals surface area contributed by atoms with Crippen LogP contribution in [0.25, 0.3) is 0 Å². The van der Waals surface area contributed by atoms with E-state index in [9.17, 15) is 4.79 Å². The Hall–Kier alpha value is -0.870. The fourth-order valence-corrected chi connectivity index (χ4v) is 2.12. The van der Waals surface area contributed by atoms with Crippen LogP contribution in [0.3, 0.4) is 0 Å². The number of benzene rings is 1. The molecule has 0 unspecified atom stereocenters. The number of halogens is 1. The lowest BCUT2D eigenvalue weighted by Crippen LogP contribution is -2.37. The summed E-state index contributed by atoms with van der Waals surface area (Å²) in [5.41, 5.74) is 0.791. The summed E-state index contributed by atoms with van der Waals surface area (Å²) in [4.78, 5) is 11.5. The maximum atomic E-state index is 11.5. The Morgan fingerprint density at radius 1 is 1.44 bits per heavy atom. The van der Waals surface area contributed by atoms with E-state index in [1.54, 1.807) is 0 Å². The van der Waals surface area contributed by atoms with E-state index in [0.29, 0.717) is 6.54 Å². The first-order valence-electron chi connectivity index (χ1n) is 5.99. The van der Waals surface area contributed by atoms with Crippen LogP contribution in [0.15, 0.2) is 28.7 Å². The molecular weight excluding hydrogens is 294 g/mol. The second-order valence-corrected chi connectivity index (χ2v) is 5.85. The predicted octanol–water partition coefficient (Wildman–Crippen LogP) is 2.78. The first kappa shape index (κ1) is 15.2. The number of hydrogen-bond acceptors (Lipinski definition) is 3. The van der Waals surface area contributed by atoms with Crippen LogP contribution in [0.1, 0.15) is 19.4 Å². The van der Waals surface area contributed by atoms with E-state index >= 15 is 0 Å². The van der Waals surface area contributed by atoms with Gasteiger partial charge >= 0.3 is 5.97 Å². The van der Waals surface area contributed by atoms with Crippen molar-refractivity contribution in [3.8, 4) is 0 Å². The Labute approximate surface area is 117 Å². The zero-order valence-corrected chi connectivity index (χ0v) is 12.7. The Balaban J connectivity index is 2.33. The van der Waals surface area contributed by atoms with Crippen LogP contribution in [-0.2, 0) is 16.0 Å². The van der Waals surface area contributed by atoms with Gasteiger partial charge in [-0.25, -0.2) is 0 Å². The Morgan fingerprint density at radius 3 is 2.78 bits per heavy atom. The predicted molar refractivity (Wildman–Crippen MR) is 76.5 cm³/mol. The second kappa shape index (κ2) is 6.90. The molecule has 0 amide bonds. The van der Waals surface area contributed by atoms with E-state index in [4.69, 9.17) is 4.74 Å². The van der Waals surface area contributed by atoms with Crippen LogP contribution in [0, 0.1) is 5.41 Å². The third kappa shape index (κ3) is 4.78. The number of ether oxygens (including phenoxy) is 1. The van der Waals surface area contributed by atoms with Crippen LogP contribution in [0.5, 0.6) is 0 Å². The number of esters is 1. The number of carbonyl (C=O) groups is 1. The lowest BCUT2D eigenvalue weighted by Gasteiger charge is -2.21. The molecule has 0 radical (unpaired) electrons. The second-order valence-electron chi connectivity index (χ2n) is 4.93. The van der Waals surface area contributed by atoms with Crippen molar-refractivity contribution in [2.24, 2.45) is 5.41 Å². The van der Waals surface area contributed by atoms with Crippen molar-refractivity contribution < 1.29 is 9.53 Å². The summed E-state index contributed by atoms with van der Waals surface area (Å²) in [6.07, 6.45) is 0.941. The molecule has 0 aliphatic heterocycles. The number of rotatable bonds is 6. The molecule has 0 bridgehead atoms. The average molecular weight is 314 g/mol. The molecule has 1 rings (SSSR count). The van der Waals surface area contributed by atoms with Gasteiger partial charge in [-0.1, -0.05) is 28.1 Å². The van der Waals surface area contributed by atoms with Crippen molar-refractivity contribution in [1.82, 2.24) is 5.32 Å². The van der Waals surface area contributed by atoms with E-state index in [0.717, 1.165) is 17.4 Å². The molecule has 4 heteroatoms. The van der Waals surface area contributed by atoms with Crippen molar-refractivity contribution in [3.63, 3.8) is 0 Å². The highest BCUT2D eigenvalue weighted by Gasteiger charge is 2.27. The Morgan fingerprint density at radius 2 is 2.17 bits per heavy atom. The van der Waals surface area contributed by atoms with Gasteiger partial charge in [-0.2, -0.15) is 0 Å². The van der Waals surface area contributed by atoms with Gasteiger partial charge in [0.05, 0.1) is 12.5 Å². The topological polar surface area (TPSA) is 38.3 Å². The number of nitrogens with one attached hydrogen (secondary N) is 1. The van der Waals surface area contributed by atoms with Crippen LogP contribution < -0.4 is 5.32 Å². The van der Waals surface area contributed by atoms with Gasteiger partial charge in [0.15, 0.2) is 0 Å². The van der Waals surface area contributed by atoms with Gasteiger partial charge in [0.2, 0.25) is 0 Å². The number of hydrogen-bond donors (Lipinski definition) is 1. The molecule has 100 valence electrons. The van der Waals surface area contributed by atoms with E-state index in [1.807, 2.05) is 26.0 Å². The molecule has 0 spiro atoms. The minimum absolute atomic E-state index is 0.183. The molecule has 0 saturated heterocycles. The smallest absolute Gasteiger partial charge is 0.312 e. The minimum Gasteiger partial charge on any atom is -0.469 e. The average Bonchev–Trinajstić information content (AvgIpc) is 2.33. The van der Waals surface area contributed by atoms with Gasteiger partial charge < -0.3 is 10.1 Å². The quantitative estimate of drug-likeness (QED) is 0.648. The lowest BCUT2D eigenvalue weighted by atomic mass is 9.94. The lowest BCUT2D eigenvalue weighted by molar-refractivity contribution is -0.150. The van der Waals surface area contributed by atoms with Gasteiger partial charge in [0, 0.05) is 11.0 Å². The maximum absolute atomic E-state index is 11.5. The summed E-state index contributed by atoms with van der Waals surface area (Å²) in [5.74, 6) is -0.183. The zero-order chi connectivity index (χ0) is 13.6. The van der Waals surface area contributed by atoms with Crippen molar-refractivity contribution in [1.29, 1.82) is 0 Å². The number of methoxy groups -OCH3 is 1. The highest BCUT2D eigenvalue weighted by atomic mass is 79.9. The van der Waals surface area contributed by atoms with Crippen molar-refractivity contribution in [2.45, 2.75) is 20.3 Å². The molecule has 1 aromatic rings. The molecule has 0 saturated carbocycles. The SMILES string of the molecule is COC(=O)C(C)(C)CNCCc1cccc(Br)c1. The highest BCUT2D eigenvalue weighted by molar-refractivity contribution is 9.10. The normalized spacial score (nSPS) is 11.3. The first-order valence-corrected chi connectivity index (χ1v) is 6.78. The van der Waals surface area contributed by atoms with Crippen LogP contribution in [0.2, 0.25) is 0 Å². The molecule has 3 nitrogen and oxygen atoms in total. The van der Waals surface area contributed by atoms with Crippen LogP contribution in [0.4, 0.5) is 0 Å². The van der Waals surface area contributed by atoms with E-state index < -0.39 is 5.41 Å². The molecule has 0 aliphatic rings. The summed E-state index contributed by atoms with van der Waals surface area (Å²) in [6.45, 7) is 5.22. The maximum Gasteiger partial charge on any atom is 0.312 e. The fraction of sp³-hybridized carbons (Fsp3) is 0.500. The van der Waals surface area contributed by atoms with Gasteiger partial charge in [0.25, 0.3) is 0 Å². The molecule has 0 heterocycles. The third-order valence-corrected chi connectivity index (χ3v) is 3.28. The van der Waals surface area contributed by atoms with Crippen LogP contribution >= 0.6 is 15.9 Å². The first-order chi connectivity index (χ1) is 8.45. The molecule has 0 fully saturated rings. The van der Waals surface area contributed by atoms with Gasteiger partial charge in [-0.05, 0) is 44.5 Å². The molecule has 0 aromatic heterocycles. The molecule has 1 aromatic carbocycles. The van der Waals surface area contributed by atoms with Crippen molar-refractivity contribution >= 4 is 21.9 Å². The highest BCUT2D eigenvalue weighted by Crippen LogP contribution is 2.15. The zero-order valence-electron chi connectivity index (χ0n) is 11.1. The Kier molecular flexibility index (Phi) is 5.82. The molecule has 0 atom stereocenters. The monoisotopic (exact) mass is 313 g/mol. The molecule has 18 heavy (non-hydrogen) atoms. The fourth-order valence-electron chi connectivity index (χ4n) is 1.67. The third-order valence-electron chi connectivity index (χ3n) is 2.78. The summed E-state index contributed by atoms with van der Waals surface area (Å²) in [6, 6.07) is 8.24. The standard InChI is InChI=1S/C14H20BrNO2/c1-14(2,13(17)18-3)10-16-8-7-11-5-4-6-12(15)9-11/h4-6,9,16H,7-8,10H2,1-3H3. The number of carbonyl (C=O) groups excluding carboxylic acids is 1. The summed E-state index contributed by atoms with van der Waals surface area (Å²) in [5, 5.41) is 3.29. The van der Waals surface area contributed by atoms with E-state index in [2.05, 4.69) is 33.4 Å². The largest absolute Gasteiger partial charge is 0.469 e. The minimum atomic E-state index is -0.480. The molecule has 0 aliphatic carbocycles. The van der Waals surface area contributed by atoms with Gasteiger partial charge in [0.1, 0.15) is 0 Å². The van der Waals surface area contributed by atoms with Crippen molar-refractivity contribution in [2.75, 3.05) is 20.2 Å². The summed E-state index contributed by atoms with van der Waals surface area (Å²) >= 11 is 3.45. The Bertz CT molecular complexity index is 405. The van der Waals surface area contributed by atoms with Crippen molar-refractivity contribution in [3.05, 3.63) is 34.3 Å². The summed E-state index contributed by atoms with van der Waals surface area (Å²) in [7, 11) is 1.42. The van der Waals surface area contributed by atoms with E-state index in [1.165, 1.54) is 12.7 Å². The molecule has 1 N–H and O–H groups in total. The van der Waals surface area contributed by atoms with Gasteiger partial charge in [-0.15, -0.1) is 0 Å².